The van der Waals surface area contributed by atoms with Crippen LogP contribution in [0.4, 0.5) is 38.9 Å². The number of carbonyl (C=O) groups excluding carboxylic acids is 3. The van der Waals surface area contributed by atoms with Crippen LogP contribution < -0.4 is 26.2 Å². The lowest BCUT2D eigenvalue weighted by atomic mass is 9.86. The molecule has 12 rings (SSSR count). The van der Waals surface area contributed by atoms with E-state index in [1.54, 1.807) is 24.0 Å². The Morgan fingerprint density at radius 1 is 1.08 bits per heavy atom. The molecule has 78 heavy (non-hydrogen) atoms. The zero-order chi connectivity index (χ0) is 54.7. The Morgan fingerprint density at radius 3 is 2.64 bits per heavy atom. The number of piperazine rings is 1. The number of nitrogen functional groups attached to an aromatic ring is 1. The number of esters is 1. The minimum Gasteiger partial charge on any atom is -0.461 e. The molecule has 4 N–H and O–H groups in total. The van der Waals surface area contributed by atoms with Crippen molar-refractivity contribution in [3.63, 3.8) is 0 Å². The van der Waals surface area contributed by atoms with E-state index in [2.05, 4.69) is 26.8 Å². The van der Waals surface area contributed by atoms with E-state index in [0.29, 0.717) is 35.3 Å². The molecule has 2 amide bonds. The Bertz CT molecular complexity index is 3920. The van der Waals surface area contributed by atoms with Gasteiger partial charge in [0, 0.05) is 83.6 Å². The summed E-state index contributed by atoms with van der Waals surface area (Å²) < 4.78 is 81.0. The first-order valence-corrected chi connectivity index (χ1v) is 26.2. The van der Waals surface area contributed by atoms with Gasteiger partial charge in [0.05, 0.1) is 55.5 Å². The molecule has 4 aromatic heterocycles. The number of carbonyl (C=O) groups is 3. The number of benzene rings is 3. The molecule has 3 aromatic carbocycles. The van der Waals surface area contributed by atoms with E-state index in [1.807, 2.05) is 6.07 Å². The summed E-state index contributed by atoms with van der Waals surface area (Å²) in [7, 11) is 0. The van der Waals surface area contributed by atoms with Crippen LogP contribution in [0.3, 0.4) is 0 Å². The van der Waals surface area contributed by atoms with Crippen LogP contribution in [0.2, 0.25) is 5.02 Å². The average molecular weight is 1110 g/mol. The van der Waals surface area contributed by atoms with Crippen LogP contribution in [-0.2, 0) is 37.8 Å². The predicted octanol–water partition coefficient (Wildman–Crippen LogP) is 7.84. The van der Waals surface area contributed by atoms with Crippen LogP contribution in [0.25, 0.3) is 54.4 Å². The van der Waals surface area contributed by atoms with Crippen molar-refractivity contribution < 1.29 is 51.3 Å². The molecule has 3 saturated heterocycles. The summed E-state index contributed by atoms with van der Waals surface area (Å²) in [4.78, 5) is 72.2. The van der Waals surface area contributed by atoms with Gasteiger partial charge in [0.1, 0.15) is 60.0 Å². The number of aromatic nitrogens is 4. The summed E-state index contributed by atoms with van der Waals surface area (Å²) in [5.74, 6) is -3.57. The highest BCUT2D eigenvalue weighted by Gasteiger charge is 2.50. The number of pyridine rings is 2. The predicted molar refractivity (Wildman–Crippen MR) is 280 cm³/mol. The third-order valence-electron chi connectivity index (χ3n) is 15.7. The molecule has 400 valence electrons. The highest BCUT2D eigenvalue weighted by Crippen LogP contribution is 2.47. The van der Waals surface area contributed by atoms with Crippen molar-refractivity contribution >= 4 is 89.3 Å². The molecule has 0 bridgehead atoms. The largest absolute Gasteiger partial charge is 0.461 e. The maximum atomic E-state index is 17.3. The van der Waals surface area contributed by atoms with Crippen LogP contribution in [0, 0.1) is 28.8 Å². The van der Waals surface area contributed by atoms with Crippen molar-refractivity contribution in [2.24, 2.45) is 0 Å². The van der Waals surface area contributed by atoms with E-state index in [0.717, 1.165) is 29.9 Å². The fraction of sp³-hybridized carbons (Fsp3) is 0.333. The lowest BCUT2D eigenvalue weighted by Gasteiger charge is -2.36. The second kappa shape index (κ2) is 18.9. The number of anilines is 3. The SMILES string of the molecule is C=C(COC(=O)Nc1cc2cc3c(nc2cc1F)-c1cc2c(c(=O)n1C3)COC(=O)C2(O)CC)C(=O)N1CCN(c2nc(OCC34CCCN3CC(F)C4)nc3c(F)c(-c4ccc(F)c5sc(N)c(C#N)c45)c(Cl)cc23)CC1. The number of hydrogen-bond donors (Lipinski definition) is 3. The van der Waals surface area contributed by atoms with Gasteiger partial charge >= 0.3 is 18.1 Å². The van der Waals surface area contributed by atoms with Crippen molar-refractivity contribution in [2.45, 2.75) is 63.1 Å². The van der Waals surface area contributed by atoms with Crippen LogP contribution in [0.1, 0.15) is 54.9 Å². The number of fused-ring (bicyclic) bond motifs is 8. The highest BCUT2D eigenvalue weighted by molar-refractivity contribution is 7.23. The van der Waals surface area contributed by atoms with E-state index in [9.17, 15) is 33.9 Å². The number of ether oxygens (including phenoxy) is 3. The van der Waals surface area contributed by atoms with Crippen LogP contribution in [-0.4, -0.2) is 117 Å². The number of nitrogens with zero attached hydrogens (tertiary/aromatic N) is 8. The topological polar surface area (TPSA) is 231 Å². The second-order valence-corrected chi connectivity index (χ2v) is 21.6. The van der Waals surface area contributed by atoms with Crippen LogP contribution >= 0.6 is 22.9 Å². The quantitative estimate of drug-likeness (QED) is 0.0673. The molecule has 0 aliphatic carbocycles. The number of nitrogens with two attached hydrogens (primary N) is 1. The van der Waals surface area contributed by atoms with Crippen molar-refractivity contribution in [3.8, 4) is 34.6 Å². The Balaban J connectivity index is 0.745. The minimum absolute atomic E-state index is 0.0289. The number of thiophene rings is 1. The van der Waals surface area contributed by atoms with E-state index < -0.39 is 64.9 Å². The maximum absolute atomic E-state index is 17.3. The minimum atomic E-state index is -2.02. The summed E-state index contributed by atoms with van der Waals surface area (Å²) in [6.07, 6.45) is -0.355. The first-order valence-electron chi connectivity index (χ1n) is 25.0. The van der Waals surface area contributed by atoms with Gasteiger partial charge < -0.3 is 39.4 Å². The van der Waals surface area contributed by atoms with Crippen molar-refractivity contribution in [2.75, 3.05) is 68.4 Å². The second-order valence-electron chi connectivity index (χ2n) is 20.1. The number of cyclic esters (lactones) is 1. The molecule has 0 spiro atoms. The van der Waals surface area contributed by atoms with E-state index in [-0.39, 0.29) is 153 Å². The summed E-state index contributed by atoms with van der Waals surface area (Å²) in [6.45, 7) is 6.25. The molecule has 9 heterocycles. The molecule has 24 heteroatoms. The Labute approximate surface area is 449 Å². The molecule has 3 atom stereocenters. The number of nitriles is 1. The number of nitrogens with one attached hydrogen (secondary N) is 1. The van der Waals surface area contributed by atoms with Crippen molar-refractivity contribution in [1.29, 1.82) is 5.26 Å². The summed E-state index contributed by atoms with van der Waals surface area (Å²) in [6, 6.07) is 11.5. The number of aliphatic hydroxyl groups is 1. The number of halogens is 5. The first kappa shape index (κ1) is 50.9. The van der Waals surface area contributed by atoms with Crippen LogP contribution in [0.15, 0.2) is 59.4 Å². The monoisotopic (exact) mass is 1100 g/mol. The third kappa shape index (κ3) is 8.14. The van der Waals surface area contributed by atoms with Crippen LogP contribution in [0.5, 0.6) is 6.01 Å². The molecule has 5 aliphatic rings. The maximum Gasteiger partial charge on any atom is 0.412 e. The number of alkyl halides is 1. The van der Waals surface area contributed by atoms with Gasteiger partial charge in [0.25, 0.3) is 11.5 Å². The van der Waals surface area contributed by atoms with Gasteiger partial charge in [-0.15, -0.1) is 11.3 Å². The van der Waals surface area contributed by atoms with E-state index >= 15 is 13.2 Å². The molecular weight excluding hydrogens is 1060 g/mol. The van der Waals surface area contributed by atoms with Gasteiger partial charge in [0.15, 0.2) is 11.4 Å². The smallest absolute Gasteiger partial charge is 0.412 e. The highest BCUT2D eigenvalue weighted by atomic mass is 35.5. The van der Waals surface area contributed by atoms with Gasteiger partial charge in [-0.2, -0.15) is 15.2 Å². The van der Waals surface area contributed by atoms with E-state index in [1.165, 1.54) is 27.7 Å². The standard InChI is InChI=1S/C54H45ClF4N10O8S/c1-3-54(74)33-16-39-43-27(20-69(39)49(71)32(33)23-75-50(54)72)13-26-14-38(36(58)17-37(26)62-43)63-52(73)76-22-25(2)48(70)67-11-9-66(10-12-67)47-30-15-34(55)41(29-5-6-35(57)45-40(29)31(19-60)46(61)78-45)42(59)44(30)64-51(65-47)77-24-53-7-4-8-68(53)21-28(56)18-53/h5-6,13-17,28,74H,2-4,7-12,18,20-24,61H2,1H3,(H,63,73). The van der Waals surface area contributed by atoms with Gasteiger partial charge in [-0.05, 0) is 61.7 Å². The molecular formula is C54H45ClF4N10O8S. The summed E-state index contributed by atoms with van der Waals surface area (Å²) in [5.41, 5.74) is 4.25. The fourth-order valence-electron chi connectivity index (χ4n) is 11.7. The zero-order valence-corrected chi connectivity index (χ0v) is 43.1. The molecule has 3 fully saturated rings. The lowest BCUT2D eigenvalue weighted by molar-refractivity contribution is -0.172. The molecule has 5 aliphatic heterocycles. The van der Waals surface area contributed by atoms with Crippen molar-refractivity contribution in [1.82, 2.24) is 29.3 Å². The Kier molecular flexibility index (Phi) is 12.3. The van der Waals surface area contributed by atoms with Gasteiger partial charge in [-0.25, -0.2) is 32.1 Å². The van der Waals surface area contributed by atoms with Gasteiger partial charge in [-0.1, -0.05) is 31.2 Å². The molecule has 0 radical (unpaired) electrons. The lowest BCUT2D eigenvalue weighted by Crippen LogP contribution is -2.49. The Morgan fingerprint density at radius 2 is 1.87 bits per heavy atom. The molecule has 3 unspecified atom stereocenters. The van der Waals surface area contributed by atoms with Gasteiger partial charge in [-0.3, -0.25) is 19.8 Å². The average Bonchev–Trinajstić information content (AvgIpc) is 4.18. The molecule has 7 aromatic rings. The van der Waals surface area contributed by atoms with Crippen molar-refractivity contribution in [3.05, 3.63) is 110 Å². The molecule has 0 saturated carbocycles. The number of hydrogen-bond acceptors (Lipinski definition) is 16. The van der Waals surface area contributed by atoms with Gasteiger partial charge in [0.2, 0.25) is 0 Å². The zero-order valence-electron chi connectivity index (χ0n) is 41.5. The number of amides is 2. The third-order valence-corrected chi connectivity index (χ3v) is 17.0. The summed E-state index contributed by atoms with van der Waals surface area (Å²) >= 11 is 7.77. The number of rotatable bonds is 10. The van der Waals surface area contributed by atoms with E-state index in [4.69, 9.17) is 36.5 Å². The Hall–Kier alpha value is -7.91. The summed E-state index contributed by atoms with van der Waals surface area (Å²) in [5, 5.41) is 24.2. The first-order chi connectivity index (χ1) is 37.4. The molecule has 18 nitrogen and oxygen atoms in total. The normalized spacial score (nSPS) is 20.6. The fourth-order valence-corrected chi connectivity index (χ4v) is 12.9.